The number of hydrogen-bond donors (Lipinski definition) is 3. The van der Waals surface area contributed by atoms with Crippen LogP contribution in [0.25, 0.3) is 0 Å². The van der Waals surface area contributed by atoms with Gasteiger partial charge in [-0.2, -0.15) is 0 Å². The molecular formula is C17H22ClN3O2S. The fourth-order valence-electron chi connectivity index (χ4n) is 1.88. The van der Waals surface area contributed by atoms with E-state index in [2.05, 4.69) is 10.6 Å². The minimum absolute atomic E-state index is 0. The molecule has 0 fully saturated rings. The molecular weight excluding hydrogens is 346 g/mol. The Morgan fingerprint density at radius 3 is 2.33 bits per heavy atom. The van der Waals surface area contributed by atoms with Gasteiger partial charge in [0.05, 0.1) is 4.88 Å². The smallest absolute Gasteiger partial charge is 0.261 e. The second-order valence-electron chi connectivity index (χ2n) is 5.90. The summed E-state index contributed by atoms with van der Waals surface area (Å²) in [4.78, 5) is 24.7. The van der Waals surface area contributed by atoms with Crippen molar-refractivity contribution in [3.8, 4) is 0 Å². The first-order valence-electron chi connectivity index (χ1n) is 7.34. The number of amides is 2. The lowest BCUT2D eigenvalue weighted by Crippen LogP contribution is -2.48. The first kappa shape index (κ1) is 20.2. The van der Waals surface area contributed by atoms with E-state index < -0.39 is 5.54 Å². The van der Waals surface area contributed by atoms with E-state index in [0.717, 1.165) is 5.56 Å². The molecule has 0 aliphatic heterocycles. The van der Waals surface area contributed by atoms with Crippen LogP contribution in [0.4, 0.5) is 0 Å². The second kappa shape index (κ2) is 8.82. The molecule has 0 atom stereocenters. The molecule has 0 radical (unpaired) electrons. The van der Waals surface area contributed by atoms with Gasteiger partial charge in [-0.15, -0.1) is 23.7 Å². The van der Waals surface area contributed by atoms with E-state index in [4.69, 9.17) is 5.73 Å². The van der Waals surface area contributed by atoms with Crippen molar-refractivity contribution in [2.45, 2.75) is 25.9 Å². The average Bonchev–Trinajstić information content (AvgIpc) is 3.07. The minimum Gasteiger partial charge on any atom is -0.347 e. The van der Waals surface area contributed by atoms with Crippen LogP contribution in [0.15, 0.2) is 41.8 Å². The fourth-order valence-corrected chi connectivity index (χ4v) is 2.52. The first-order valence-corrected chi connectivity index (χ1v) is 8.22. The molecule has 24 heavy (non-hydrogen) atoms. The highest BCUT2D eigenvalue weighted by atomic mass is 35.5. The summed E-state index contributed by atoms with van der Waals surface area (Å²) in [5, 5.41) is 7.60. The van der Waals surface area contributed by atoms with Crippen LogP contribution < -0.4 is 16.4 Å². The number of benzene rings is 1. The first-order chi connectivity index (χ1) is 10.9. The lowest BCUT2D eigenvalue weighted by Gasteiger charge is -2.24. The Balaban J connectivity index is 0.00000288. The summed E-state index contributed by atoms with van der Waals surface area (Å²) in [6.45, 7) is 4.54. The minimum atomic E-state index is -0.440. The molecule has 130 valence electrons. The molecule has 0 aliphatic rings. The van der Waals surface area contributed by atoms with Gasteiger partial charge in [0.15, 0.2) is 0 Å². The maximum Gasteiger partial charge on any atom is 0.261 e. The van der Waals surface area contributed by atoms with Crippen LogP contribution in [-0.4, -0.2) is 23.9 Å². The van der Waals surface area contributed by atoms with E-state index in [9.17, 15) is 9.59 Å². The summed E-state index contributed by atoms with van der Waals surface area (Å²) in [6.07, 6.45) is 0. The zero-order valence-electron chi connectivity index (χ0n) is 13.7. The predicted octanol–water partition coefficient (Wildman–Crippen LogP) is 2.57. The average molecular weight is 368 g/mol. The van der Waals surface area contributed by atoms with Gasteiger partial charge < -0.3 is 16.4 Å². The van der Waals surface area contributed by atoms with E-state index in [1.54, 1.807) is 18.2 Å². The standard InChI is InChI=1S/C17H21N3O2S.ClH/c1-17(2,11-18)20-15(21)13-7-5-12(6-8-13)10-19-16(22)14-4-3-9-23-14;/h3-9H,10-11,18H2,1-2H3,(H,19,22)(H,20,21);1H. The maximum atomic E-state index is 12.1. The summed E-state index contributed by atoms with van der Waals surface area (Å²) >= 11 is 1.40. The molecule has 1 aromatic carbocycles. The molecule has 5 nitrogen and oxygen atoms in total. The van der Waals surface area contributed by atoms with Crippen molar-refractivity contribution >= 4 is 35.6 Å². The van der Waals surface area contributed by atoms with Gasteiger partial charge in [0.25, 0.3) is 11.8 Å². The maximum absolute atomic E-state index is 12.1. The van der Waals surface area contributed by atoms with E-state index in [1.165, 1.54) is 11.3 Å². The van der Waals surface area contributed by atoms with Gasteiger partial charge in [0, 0.05) is 24.2 Å². The molecule has 0 spiro atoms. The molecule has 7 heteroatoms. The normalized spacial score (nSPS) is 10.6. The fraction of sp³-hybridized carbons (Fsp3) is 0.294. The lowest BCUT2D eigenvalue weighted by molar-refractivity contribution is 0.0913. The third kappa shape index (κ3) is 5.63. The number of carbonyl (C=O) groups is 2. The number of rotatable bonds is 6. The molecule has 2 amide bonds. The highest BCUT2D eigenvalue weighted by molar-refractivity contribution is 7.12. The van der Waals surface area contributed by atoms with Crippen molar-refractivity contribution in [1.29, 1.82) is 0 Å². The van der Waals surface area contributed by atoms with Gasteiger partial charge in [-0.05, 0) is 43.0 Å². The number of nitrogens with one attached hydrogen (secondary N) is 2. The molecule has 0 saturated heterocycles. The highest BCUT2D eigenvalue weighted by Crippen LogP contribution is 2.10. The number of carbonyl (C=O) groups excluding carboxylic acids is 2. The number of nitrogens with two attached hydrogens (primary N) is 1. The Morgan fingerprint density at radius 2 is 1.79 bits per heavy atom. The molecule has 0 saturated carbocycles. The van der Waals surface area contributed by atoms with Crippen LogP contribution in [0, 0.1) is 0 Å². The largest absolute Gasteiger partial charge is 0.347 e. The third-order valence-corrected chi connectivity index (χ3v) is 4.25. The number of hydrogen-bond acceptors (Lipinski definition) is 4. The lowest BCUT2D eigenvalue weighted by atomic mass is 10.0. The van der Waals surface area contributed by atoms with Gasteiger partial charge in [0.1, 0.15) is 0 Å². The van der Waals surface area contributed by atoms with Gasteiger partial charge in [0.2, 0.25) is 0 Å². The van der Waals surface area contributed by atoms with Crippen molar-refractivity contribution < 1.29 is 9.59 Å². The van der Waals surface area contributed by atoms with Crippen LogP contribution in [0.2, 0.25) is 0 Å². The summed E-state index contributed by atoms with van der Waals surface area (Å²) in [6, 6.07) is 10.8. The summed E-state index contributed by atoms with van der Waals surface area (Å²) in [7, 11) is 0. The van der Waals surface area contributed by atoms with Crippen molar-refractivity contribution in [3.05, 3.63) is 57.8 Å². The molecule has 1 heterocycles. The Kier molecular flexibility index (Phi) is 7.41. The van der Waals surface area contributed by atoms with Crippen LogP contribution in [0.3, 0.4) is 0 Å². The van der Waals surface area contributed by atoms with Crippen molar-refractivity contribution in [1.82, 2.24) is 10.6 Å². The Bertz CT molecular complexity index is 670. The van der Waals surface area contributed by atoms with Crippen LogP contribution in [0.1, 0.15) is 39.4 Å². The molecule has 1 aromatic heterocycles. The summed E-state index contributed by atoms with van der Waals surface area (Å²) < 4.78 is 0. The SMILES string of the molecule is CC(C)(CN)NC(=O)c1ccc(CNC(=O)c2cccs2)cc1.Cl. The van der Waals surface area contributed by atoms with Crippen LogP contribution in [-0.2, 0) is 6.54 Å². The second-order valence-corrected chi connectivity index (χ2v) is 6.85. The molecule has 0 unspecified atom stereocenters. The van der Waals surface area contributed by atoms with Crippen molar-refractivity contribution in [2.75, 3.05) is 6.54 Å². The van der Waals surface area contributed by atoms with Gasteiger partial charge >= 0.3 is 0 Å². The highest BCUT2D eigenvalue weighted by Gasteiger charge is 2.19. The van der Waals surface area contributed by atoms with E-state index >= 15 is 0 Å². The van der Waals surface area contributed by atoms with Crippen molar-refractivity contribution in [3.63, 3.8) is 0 Å². The zero-order chi connectivity index (χ0) is 16.9. The topological polar surface area (TPSA) is 84.2 Å². The van der Waals surface area contributed by atoms with Gasteiger partial charge in [-0.3, -0.25) is 9.59 Å². The van der Waals surface area contributed by atoms with Gasteiger partial charge in [-0.1, -0.05) is 18.2 Å². The number of halogens is 1. The van der Waals surface area contributed by atoms with Gasteiger partial charge in [-0.25, -0.2) is 0 Å². The summed E-state index contributed by atoms with van der Waals surface area (Å²) in [5.74, 6) is -0.249. The third-order valence-electron chi connectivity index (χ3n) is 3.38. The van der Waals surface area contributed by atoms with Crippen LogP contribution in [0.5, 0.6) is 0 Å². The Hall–Kier alpha value is -1.89. The molecule has 2 aromatic rings. The van der Waals surface area contributed by atoms with E-state index in [1.807, 2.05) is 37.4 Å². The number of thiophene rings is 1. The Morgan fingerprint density at radius 1 is 1.12 bits per heavy atom. The van der Waals surface area contributed by atoms with Crippen LogP contribution >= 0.6 is 23.7 Å². The van der Waals surface area contributed by atoms with Crippen molar-refractivity contribution in [2.24, 2.45) is 5.73 Å². The zero-order valence-corrected chi connectivity index (χ0v) is 15.3. The monoisotopic (exact) mass is 367 g/mol. The molecule has 4 N–H and O–H groups in total. The molecule has 2 rings (SSSR count). The van der Waals surface area contributed by atoms with E-state index in [0.29, 0.717) is 23.5 Å². The summed E-state index contributed by atoms with van der Waals surface area (Å²) in [5.41, 5.74) is 6.67. The van der Waals surface area contributed by atoms with E-state index in [-0.39, 0.29) is 24.2 Å². The molecule has 0 bridgehead atoms. The Labute approximate surface area is 152 Å². The predicted molar refractivity (Wildman–Crippen MR) is 99.8 cm³/mol. The quantitative estimate of drug-likeness (QED) is 0.733. The molecule has 0 aliphatic carbocycles.